The van der Waals surface area contributed by atoms with Crippen LogP contribution in [0.3, 0.4) is 0 Å². The zero-order valence-electron chi connectivity index (χ0n) is 6.96. The number of fused-ring (bicyclic) bond motifs is 1. The molecule has 0 saturated carbocycles. The van der Waals surface area contributed by atoms with Crippen LogP contribution in [0.1, 0.15) is 25.2 Å². The first kappa shape index (κ1) is 6.85. The molecule has 1 N–H and O–H groups in total. The lowest BCUT2D eigenvalue weighted by Gasteiger charge is -2.18. The number of hydrogen-bond acceptors (Lipinski definition) is 2. The summed E-state index contributed by atoms with van der Waals surface area (Å²) < 4.78 is 0. The second-order valence-electron chi connectivity index (χ2n) is 3.33. The molecule has 11 heavy (non-hydrogen) atoms. The van der Waals surface area contributed by atoms with Gasteiger partial charge < -0.3 is 4.98 Å². The van der Waals surface area contributed by atoms with Crippen molar-refractivity contribution in [1.29, 1.82) is 0 Å². The summed E-state index contributed by atoms with van der Waals surface area (Å²) in [6.45, 7) is 6.47. The highest BCUT2D eigenvalue weighted by Crippen LogP contribution is 2.20. The molecular weight excluding hydrogens is 138 g/mol. The molecule has 2 rings (SSSR count). The Hall–Kier alpha value is -0.830. The lowest BCUT2D eigenvalue weighted by atomic mass is 10.3. The Balaban J connectivity index is 2.16. The Morgan fingerprint density at radius 1 is 1.55 bits per heavy atom. The number of H-pyrrole nitrogens is 1. The molecule has 0 unspecified atom stereocenters. The predicted molar refractivity (Wildman–Crippen MR) is 43.0 cm³/mol. The molecule has 1 aromatic rings. The Labute approximate surface area is 66.4 Å². The predicted octanol–water partition coefficient (Wildman–Crippen LogP) is 1.13. The first-order valence-electron chi connectivity index (χ1n) is 4.02. The average Bonchev–Trinajstić information content (AvgIpc) is 2.40. The van der Waals surface area contributed by atoms with Crippen molar-refractivity contribution in [2.75, 3.05) is 0 Å². The van der Waals surface area contributed by atoms with E-state index in [-0.39, 0.29) is 0 Å². The zero-order valence-corrected chi connectivity index (χ0v) is 6.96. The molecule has 2 heterocycles. The minimum atomic E-state index is 0.623. The van der Waals surface area contributed by atoms with Crippen LogP contribution in [-0.2, 0) is 13.1 Å². The van der Waals surface area contributed by atoms with E-state index in [0.29, 0.717) is 6.04 Å². The van der Waals surface area contributed by atoms with Gasteiger partial charge in [-0.15, -0.1) is 0 Å². The van der Waals surface area contributed by atoms with Crippen LogP contribution in [0.4, 0.5) is 0 Å². The lowest BCUT2D eigenvalue weighted by molar-refractivity contribution is 0.224. The van der Waals surface area contributed by atoms with Crippen LogP contribution >= 0.6 is 0 Å². The van der Waals surface area contributed by atoms with Gasteiger partial charge in [0.05, 0.1) is 17.7 Å². The number of nitrogens with zero attached hydrogens (tertiary/aromatic N) is 2. The highest BCUT2D eigenvalue weighted by Gasteiger charge is 2.22. The van der Waals surface area contributed by atoms with E-state index in [1.54, 1.807) is 6.33 Å². The van der Waals surface area contributed by atoms with Crippen LogP contribution in [0.5, 0.6) is 0 Å². The van der Waals surface area contributed by atoms with Crippen molar-refractivity contribution in [2.45, 2.75) is 33.0 Å². The molecular formula is C8H13N3. The molecule has 0 aromatic carbocycles. The third kappa shape index (κ3) is 1.05. The van der Waals surface area contributed by atoms with E-state index in [9.17, 15) is 0 Å². The third-order valence-corrected chi connectivity index (χ3v) is 2.25. The van der Waals surface area contributed by atoms with E-state index in [0.717, 1.165) is 13.1 Å². The van der Waals surface area contributed by atoms with Crippen molar-refractivity contribution in [3.05, 3.63) is 17.7 Å². The van der Waals surface area contributed by atoms with Crippen LogP contribution in [0.25, 0.3) is 0 Å². The maximum atomic E-state index is 4.23. The van der Waals surface area contributed by atoms with E-state index < -0.39 is 0 Å². The summed E-state index contributed by atoms with van der Waals surface area (Å²) in [5.41, 5.74) is 2.51. The summed E-state index contributed by atoms with van der Waals surface area (Å²) in [6.07, 6.45) is 1.78. The van der Waals surface area contributed by atoms with Gasteiger partial charge in [-0.25, -0.2) is 4.98 Å². The highest BCUT2D eigenvalue weighted by atomic mass is 15.2. The standard InChI is InChI=1S/C8H13N3/c1-6(2)11-3-7-8(4-11)10-5-9-7/h5-6H,3-4H2,1-2H3,(H,9,10). The van der Waals surface area contributed by atoms with Crippen LogP contribution in [-0.4, -0.2) is 20.9 Å². The van der Waals surface area contributed by atoms with Gasteiger partial charge in [-0.05, 0) is 13.8 Å². The first-order chi connectivity index (χ1) is 5.27. The maximum Gasteiger partial charge on any atom is 0.0926 e. The maximum absolute atomic E-state index is 4.23. The fraction of sp³-hybridized carbons (Fsp3) is 0.625. The fourth-order valence-electron chi connectivity index (χ4n) is 1.44. The van der Waals surface area contributed by atoms with Gasteiger partial charge in [-0.2, -0.15) is 0 Å². The number of hydrogen-bond donors (Lipinski definition) is 1. The van der Waals surface area contributed by atoms with E-state index in [1.165, 1.54) is 11.4 Å². The molecule has 0 spiro atoms. The molecule has 0 aliphatic carbocycles. The van der Waals surface area contributed by atoms with Crippen molar-refractivity contribution >= 4 is 0 Å². The third-order valence-electron chi connectivity index (χ3n) is 2.25. The first-order valence-corrected chi connectivity index (χ1v) is 4.02. The minimum Gasteiger partial charge on any atom is -0.347 e. The van der Waals surface area contributed by atoms with Gasteiger partial charge in [-0.1, -0.05) is 0 Å². The van der Waals surface area contributed by atoms with Gasteiger partial charge in [0, 0.05) is 19.1 Å². The van der Waals surface area contributed by atoms with Crippen molar-refractivity contribution in [3.8, 4) is 0 Å². The molecule has 60 valence electrons. The average molecular weight is 151 g/mol. The molecule has 1 aromatic heterocycles. The quantitative estimate of drug-likeness (QED) is 0.652. The largest absolute Gasteiger partial charge is 0.347 e. The van der Waals surface area contributed by atoms with Gasteiger partial charge in [0.15, 0.2) is 0 Å². The lowest BCUT2D eigenvalue weighted by Crippen LogP contribution is -2.24. The number of rotatable bonds is 1. The summed E-state index contributed by atoms with van der Waals surface area (Å²) in [4.78, 5) is 9.78. The van der Waals surface area contributed by atoms with E-state index in [2.05, 4.69) is 28.7 Å². The molecule has 0 saturated heterocycles. The minimum absolute atomic E-state index is 0.623. The molecule has 0 atom stereocenters. The summed E-state index contributed by atoms with van der Waals surface area (Å²) in [7, 11) is 0. The van der Waals surface area contributed by atoms with E-state index in [1.807, 2.05) is 0 Å². The van der Waals surface area contributed by atoms with Gasteiger partial charge in [0.25, 0.3) is 0 Å². The Morgan fingerprint density at radius 2 is 2.36 bits per heavy atom. The van der Waals surface area contributed by atoms with Crippen molar-refractivity contribution in [3.63, 3.8) is 0 Å². The second-order valence-corrected chi connectivity index (χ2v) is 3.33. The molecule has 3 nitrogen and oxygen atoms in total. The Bertz CT molecular complexity index is 231. The Kier molecular flexibility index (Phi) is 1.46. The summed E-state index contributed by atoms with van der Waals surface area (Å²) in [5, 5.41) is 0. The normalized spacial score (nSPS) is 17.7. The number of aromatic amines is 1. The zero-order chi connectivity index (χ0) is 7.84. The van der Waals surface area contributed by atoms with Crippen molar-refractivity contribution in [2.24, 2.45) is 0 Å². The topological polar surface area (TPSA) is 31.9 Å². The molecule has 0 amide bonds. The SMILES string of the molecule is CC(C)N1Cc2nc[nH]c2C1. The van der Waals surface area contributed by atoms with Crippen LogP contribution in [0.2, 0.25) is 0 Å². The van der Waals surface area contributed by atoms with Gasteiger partial charge >= 0.3 is 0 Å². The van der Waals surface area contributed by atoms with E-state index >= 15 is 0 Å². The molecule has 1 aliphatic rings. The smallest absolute Gasteiger partial charge is 0.0926 e. The second kappa shape index (κ2) is 2.34. The number of nitrogens with one attached hydrogen (secondary N) is 1. The van der Waals surface area contributed by atoms with Crippen LogP contribution in [0.15, 0.2) is 6.33 Å². The van der Waals surface area contributed by atoms with Crippen molar-refractivity contribution < 1.29 is 0 Å². The van der Waals surface area contributed by atoms with Gasteiger partial charge in [0.1, 0.15) is 0 Å². The van der Waals surface area contributed by atoms with Crippen molar-refractivity contribution in [1.82, 2.24) is 14.9 Å². The highest BCUT2D eigenvalue weighted by molar-refractivity contribution is 5.15. The van der Waals surface area contributed by atoms with Gasteiger partial charge in [-0.3, -0.25) is 4.90 Å². The summed E-state index contributed by atoms with van der Waals surface area (Å²) in [6, 6.07) is 0.623. The molecule has 0 radical (unpaired) electrons. The molecule has 3 heteroatoms. The van der Waals surface area contributed by atoms with Crippen LogP contribution in [0, 0.1) is 0 Å². The number of aromatic nitrogens is 2. The van der Waals surface area contributed by atoms with Crippen LogP contribution < -0.4 is 0 Å². The van der Waals surface area contributed by atoms with E-state index in [4.69, 9.17) is 0 Å². The number of imidazole rings is 1. The molecule has 1 aliphatic heterocycles. The molecule has 0 bridgehead atoms. The van der Waals surface area contributed by atoms with Gasteiger partial charge in [0.2, 0.25) is 0 Å². The summed E-state index contributed by atoms with van der Waals surface area (Å²) >= 11 is 0. The molecule has 0 fully saturated rings. The summed E-state index contributed by atoms with van der Waals surface area (Å²) in [5.74, 6) is 0. The fourth-order valence-corrected chi connectivity index (χ4v) is 1.44. The monoisotopic (exact) mass is 151 g/mol. The Morgan fingerprint density at radius 3 is 3.00 bits per heavy atom.